The number of hydrogen-bond acceptors (Lipinski definition) is 5. The van der Waals surface area contributed by atoms with Crippen molar-refractivity contribution in [2.75, 3.05) is 29.9 Å². The summed E-state index contributed by atoms with van der Waals surface area (Å²) in [5.74, 6) is 0.153. The van der Waals surface area contributed by atoms with Gasteiger partial charge in [-0.1, -0.05) is 0 Å². The van der Waals surface area contributed by atoms with E-state index in [2.05, 4.69) is 15.2 Å². The van der Waals surface area contributed by atoms with Crippen molar-refractivity contribution in [2.45, 2.75) is 26.2 Å². The lowest BCUT2D eigenvalue weighted by Crippen LogP contribution is -2.32. The van der Waals surface area contributed by atoms with E-state index in [9.17, 15) is 9.59 Å². The summed E-state index contributed by atoms with van der Waals surface area (Å²) >= 11 is 0. The van der Waals surface area contributed by atoms with Crippen molar-refractivity contribution >= 4 is 23.4 Å². The van der Waals surface area contributed by atoms with Crippen molar-refractivity contribution in [3.05, 3.63) is 53.7 Å². The minimum atomic E-state index is -0.370. The summed E-state index contributed by atoms with van der Waals surface area (Å²) in [5, 5.41) is 2.88. The second-order valence-electron chi connectivity index (χ2n) is 6.17. The normalized spacial score (nSPS) is 14.0. The van der Waals surface area contributed by atoms with Gasteiger partial charge in [-0.05, 0) is 62.6 Å². The smallest absolute Gasteiger partial charge is 0.338 e. The average Bonchev–Trinajstić information content (AvgIpc) is 2.69. The molecule has 1 aromatic carbocycles. The van der Waals surface area contributed by atoms with E-state index in [-0.39, 0.29) is 11.9 Å². The number of pyridine rings is 1. The van der Waals surface area contributed by atoms with Gasteiger partial charge in [-0.3, -0.25) is 4.79 Å². The highest BCUT2D eigenvalue weighted by Gasteiger charge is 2.19. The third-order valence-electron chi connectivity index (χ3n) is 4.34. The van der Waals surface area contributed by atoms with E-state index < -0.39 is 0 Å². The van der Waals surface area contributed by atoms with Gasteiger partial charge in [0.1, 0.15) is 5.82 Å². The SMILES string of the molecule is CCOC(=O)c1ccc(NC(=O)c2cccnc2N2CCCCC2)cc1. The molecule has 1 fully saturated rings. The van der Waals surface area contributed by atoms with Gasteiger partial charge in [-0.25, -0.2) is 9.78 Å². The van der Waals surface area contributed by atoms with Crippen molar-refractivity contribution < 1.29 is 14.3 Å². The number of esters is 1. The van der Waals surface area contributed by atoms with Crippen LogP contribution in [0.4, 0.5) is 11.5 Å². The molecule has 0 saturated carbocycles. The van der Waals surface area contributed by atoms with E-state index in [1.807, 2.05) is 0 Å². The van der Waals surface area contributed by atoms with Gasteiger partial charge in [0, 0.05) is 25.0 Å². The third-order valence-corrected chi connectivity index (χ3v) is 4.34. The fourth-order valence-corrected chi connectivity index (χ4v) is 3.03. The second-order valence-corrected chi connectivity index (χ2v) is 6.17. The number of rotatable bonds is 5. The number of carbonyl (C=O) groups is 2. The Bertz CT molecular complexity index is 768. The number of benzene rings is 1. The summed E-state index contributed by atoms with van der Waals surface area (Å²) in [4.78, 5) is 31.0. The van der Waals surface area contributed by atoms with Crippen LogP contribution in [0.3, 0.4) is 0 Å². The molecule has 1 aliphatic heterocycles. The van der Waals surface area contributed by atoms with Crippen molar-refractivity contribution in [1.82, 2.24) is 4.98 Å². The maximum atomic E-state index is 12.7. The molecular weight excluding hydrogens is 330 g/mol. The number of anilines is 2. The van der Waals surface area contributed by atoms with Crippen LogP contribution < -0.4 is 10.2 Å². The Balaban J connectivity index is 1.73. The lowest BCUT2D eigenvalue weighted by Gasteiger charge is -2.29. The third kappa shape index (κ3) is 4.20. The van der Waals surface area contributed by atoms with Crippen molar-refractivity contribution in [3.8, 4) is 0 Å². The number of nitrogens with one attached hydrogen (secondary N) is 1. The lowest BCUT2D eigenvalue weighted by atomic mass is 10.1. The molecule has 0 bridgehead atoms. The first-order valence-electron chi connectivity index (χ1n) is 8.97. The summed E-state index contributed by atoms with van der Waals surface area (Å²) in [5.41, 5.74) is 1.64. The Morgan fingerprint density at radius 3 is 2.54 bits per heavy atom. The highest BCUT2D eigenvalue weighted by atomic mass is 16.5. The van der Waals surface area contributed by atoms with Crippen molar-refractivity contribution in [3.63, 3.8) is 0 Å². The summed E-state index contributed by atoms with van der Waals surface area (Å²) < 4.78 is 4.96. The molecule has 0 aliphatic carbocycles. The van der Waals surface area contributed by atoms with Crippen LogP contribution in [0, 0.1) is 0 Å². The van der Waals surface area contributed by atoms with Gasteiger partial charge in [0.25, 0.3) is 5.91 Å². The first-order chi connectivity index (χ1) is 12.7. The zero-order valence-corrected chi connectivity index (χ0v) is 14.9. The van der Waals surface area contributed by atoms with E-state index >= 15 is 0 Å². The monoisotopic (exact) mass is 353 g/mol. The van der Waals surface area contributed by atoms with E-state index in [4.69, 9.17) is 4.74 Å². The minimum absolute atomic E-state index is 0.206. The molecule has 0 radical (unpaired) electrons. The number of amides is 1. The largest absolute Gasteiger partial charge is 0.462 e. The quantitative estimate of drug-likeness (QED) is 0.833. The van der Waals surface area contributed by atoms with Crippen LogP contribution in [0.5, 0.6) is 0 Å². The predicted molar refractivity (Wildman–Crippen MR) is 101 cm³/mol. The van der Waals surface area contributed by atoms with E-state index in [1.54, 1.807) is 49.5 Å². The van der Waals surface area contributed by atoms with Crippen LogP contribution in [0.2, 0.25) is 0 Å². The molecule has 1 amide bonds. The molecular formula is C20H23N3O3. The summed E-state index contributed by atoms with van der Waals surface area (Å²) in [6.45, 7) is 3.94. The van der Waals surface area contributed by atoms with Crippen molar-refractivity contribution in [1.29, 1.82) is 0 Å². The van der Waals surface area contributed by atoms with Crippen LogP contribution in [0.15, 0.2) is 42.6 Å². The molecule has 3 rings (SSSR count). The molecule has 0 spiro atoms. The van der Waals surface area contributed by atoms with Crippen molar-refractivity contribution in [2.24, 2.45) is 0 Å². The number of nitrogens with zero attached hydrogens (tertiary/aromatic N) is 2. The fraction of sp³-hybridized carbons (Fsp3) is 0.350. The summed E-state index contributed by atoms with van der Waals surface area (Å²) in [6, 6.07) is 10.2. The molecule has 6 heteroatoms. The average molecular weight is 353 g/mol. The van der Waals surface area contributed by atoms with E-state index in [0.29, 0.717) is 23.4 Å². The Kier molecular flexibility index (Phi) is 5.84. The molecule has 2 heterocycles. The van der Waals surface area contributed by atoms with E-state index in [1.165, 1.54) is 6.42 Å². The first-order valence-corrected chi connectivity index (χ1v) is 8.97. The van der Waals surface area contributed by atoms with Gasteiger partial charge in [0.2, 0.25) is 0 Å². The van der Waals surface area contributed by atoms with Gasteiger partial charge in [-0.2, -0.15) is 0 Å². The molecule has 26 heavy (non-hydrogen) atoms. The maximum absolute atomic E-state index is 12.7. The van der Waals surface area contributed by atoms with Gasteiger partial charge < -0.3 is 15.0 Å². The van der Waals surface area contributed by atoms with Crippen LogP contribution >= 0.6 is 0 Å². The molecule has 0 unspecified atom stereocenters. The Morgan fingerprint density at radius 1 is 1.12 bits per heavy atom. The van der Waals surface area contributed by atoms with E-state index in [0.717, 1.165) is 31.7 Å². The number of ether oxygens (including phenoxy) is 1. The molecule has 1 aromatic heterocycles. The van der Waals surface area contributed by atoms with Crippen LogP contribution in [0.1, 0.15) is 46.9 Å². The van der Waals surface area contributed by atoms with Gasteiger partial charge >= 0.3 is 5.97 Å². The van der Waals surface area contributed by atoms with Gasteiger partial charge in [0.05, 0.1) is 17.7 Å². The number of piperidine rings is 1. The molecule has 1 saturated heterocycles. The first kappa shape index (κ1) is 17.9. The standard InChI is InChI=1S/C20H23N3O3/c1-2-26-20(25)15-8-10-16(11-9-15)22-19(24)17-7-6-12-21-18(17)23-13-4-3-5-14-23/h6-12H,2-5,13-14H2,1H3,(H,22,24). The predicted octanol–water partition coefficient (Wildman–Crippen LogP) is 3.50. The molecule has 1 N–H and O–H groups in total. The van der Waals surface area contributed by atoms with Crippen LogP contribution in [-0.2, 0) is 4.74 Å². The Labute approximate surface area is 153 Å². The zero-order valence-electron chi connectivity index (χ0n) is 14.9. The minimum Gasteiger partial charge on any atom is -0.462 e. The molecule has 136 valence electrons. The number of aromatic nitrogens is 1. The fourth-order valence-electron chi connectivity index (χ4n) is 3.03. The molecule has 6 nitrogen and oxygen atoms in total. The Hall–Kier alpha value is -2.89. The van der Waals surface area contributed by atoms with Crippen LogP contribution in [-0.4, -0.2) is 36.6 Å². The molecule has 0 atom stereocenters. The summed E-state index contributed by atoms with van der Waals surface area (Å²) in [7, 11) is 0. The van der Waals surface area contributed by atoms with Gasteiger partial charge in [-0.15, -0.1) is 0 Å². The van der Waals surface area contributed by atoms with Crippen LogP contribution in [0.25, 0.3) is 0 Å². The highest BCUT2D eigenvalue weighted by molar-refractivity contribution is 6.07. The summed E-state index contributed by atoms with van der Waals surface area (Å²) in [6.07, 6.45) is 5.17. The van der Waals surface area contributed by atoms with Gasteiger partial charge in [0.15, 0.2) is 0 Å². The second kappa shape index (κ2) is 8.47. The topological polar surface area (TPSA) is 71.5 Å². The zero-order chi connectivity index (χ0) is 18.4. The lowest BCUT2D eigenvalue weighted by molar-refractivity contribution is 0.0526. The Morgan fingerprint density at radius 2 is 1.85 bits per heavy atom. The molecule has 1 aliphatic rings. The number of hydrogen-bond donors (Lipinski definition) is 1. The highest BCUT2D eigenvalue weighted by Crippen LogP contribution is 2.22. The number of carbonyl (C=O) groups excluding carboxylic acids is 2. The molecule has 2 aromatic rings. The maximum Gasteiger partial charge on any atom is 0.338 e.